The molecule has 0 fully saturated rings. The predicted molar refractivity (Wildman–Crippen MR) is 90.1 cm³/mol. The molecule has 0 spiro atoms. The normalized spacial score (nSPS) is 13.6. The molecule has 4 nitrogen and oxygen atoms in total. The molecule has 0 saturated heterocycles. The molecule has 0 saturated carbocycles. The van der Waals surface area contributed by atoms with E-state index < -0.39 is 0 Å². The van der Waals surface area contributed by atoms with Crippen molar-refractivity contribution in [2.24, 2.45) is 0 Å². The highest BCUT2D eigenvalue weighted by molar-refractivity contribution is 6.00. The van der Waals surface area contributed by atoms with E-state index in [-0.39, 0.29) is 18.4 Å². The SMILES string of the molecule is Cc1ccc(CNC(=O)CN2C(=O)CCc3ccccc32)cc1. The highest BCUT2D eigenvalue weighted by Gasteiger charge is 2.25. The van der Waals surface area contributed by atoms with Gasteiger partial charge < -0.3 is 10.2 Å². The van der Waals surface area contributed by atoms with Gasteiger partial charge in [0.2, 0.25) is 11.8 Å². The number of nitrogens with one attached hydrogen (secondary N) is 1. The van der Waals surface area contributed by atoms with Gasteiger partial charge in [-0.15, -0.1) is 0 Å². The summed E-state index contributed by atoms with van der Waals surface area (Å²) in [5.41, 5.74) is 4.22. The number of nitrogens with zero attached hydrogens (tertiary/aromatic N) is 1. The molecule has 0 radical (unpaired) electrons. The van der Waals surface area contributed by atoms with Gasteiger partial charge >= 0.3 is 0 Å². The Balaban J connectivity index is 1.63. The van der Waals surface area contributed by atoms with E-state index in [1.54, 1.807) is 4.90 Å². The van der Waals surface area contributed by atoms with Crippen LogP contribution in [0.2, 0.25) is 0 Å². The summed E-state index contributed by atoms with van der Waals surface area (Å²) in [4.78, 5) is 25.9. The van der Waals surface area contributed by atoms with Gasteiger partial charge in [0, 0.05) is 18.7 Å². The topological polar surface area (TPSA) is 49.4 Å². The third-order valence-electron chi connectivity index (χ3n) is 4.10. The number of benzene rings is 2. The maximum atomic E-state index is 12.2. The molecule has 0 aromatic heterocycles. The monoisotopic (exact) mass is 308 g/mol. The molecule has 2 aromatic carbocycles. The fourth-order valence-corrected chi connectivity index (χ4v) is 2.78. The first-order valence-electron chi connectivity index (χ1n) is 7.84. The second kappa shape index (κ2) is 6.65. The van der Waals surface area contributed by atoms with Gasteiger partial charge in [0.25, 0.3) is 0 Å². The summed E-state index contributed by atoms with van der Waals surface area (Å²) in [6.45, 7) is 2.58. The van der Waals surface area contributed by atoms with Crippen LogP contribution in [0.25, 0.3) is 0 Å². The lowest BCUT2D eigenvalue weighted by molar-refractivity contribution is -0.124. The summed E-state index contributed by atoms with van der Waals surface area (Å²) in [6, 6.07) is 15.8. The Morgan fingerprint density at radius 1 is 1.09 bits per heavy atom. The van der Waals surface area contributed by atoms with Crippen molar-refractivity contribution in [2.75, 3.05) is 11.4 Å². The van der Waals surface area contributed by atoms with Crippen molar-refractivity contribution < 1.29 is 9.59 Å². The Hall–Kier alpha value is -2.62. The Morgan fingerprint density at radius 2 is 1.83 bits per heavy atom. The summed E-state index contributed by atoms with van der Waals surface area (Å²) in [5.74, 6) is -0.134. The standard InChI is InChI=1S/C19H20N2O2/c1-14-6-8-15(9-7-14)12-20-18(22)13-21-17-5-3-2-4-16(17)10-11-19(21)23/h2-9H,10-13H2,1H3,(H,20,22). The van der Waals surface area contributed by atoms with E-state index in [1.165, 1.54) is 5.56 Å². The first-order chi connectivity index (χ1) is 11.1. The number of aryl methyl sites for hydroxylation is 2. The zero-order chi connectivity index (χ0) is 16.2. The number of hydrogen-bond acceptors (Lipinski definition) is 2. The first-order valence-corrected chi connectivity index (χ1v) is 7.84. The van der Waals surface area contributed by atoms with Crippen molar-refractivity contribution in [1.82, 2.24) is 5.32 Å². The molecule has 1 N–H and O–H groups in total. The minimum Gasteiger partial charge on any atom is -0.350 e. The molecule has 0 atom stereocenters. The summed E-state index contributed by atoms with van der Waals surface area (Å²) >= 11 is 0. The molecule has 2 amide bonds. The third kappa shape index (κ3) is 3.59. The average molecular weight is 308 g/mol. The van der Waals surface area contributed by atoms with Gasteiger partial charge in [-0.2, -0.15) is 0 Å². The van der Waals surface area contributed by atoms with E-state index >= 15 is 0 Å². The number of para-hydroxylation sites is 1. The molecule has 4 heteroatoms. The highest BCUT2D eigenvalue weighted by Crippen LogP contribution is 2.27. The predicted octanol–water partition coefficient (Wildman–Crippen LogP) is 2.59. The lowest BCUT2D eigenvalue weighted by Gasteiger charge is -2.28. The van der Waals surface area contributed by atoms with Crippen molar-refractivity contribution in [2.45, 2.75) is 26.3 Å². The van der Waals surface area contributed by atoms with Gasteiger partial charge in [0.05, 0.1) is 0 Å². The van der Waals surface area contributed by atoms with Crippen LogP contribution in [0.4, 0.5) is 5.69 Å². The number of carbonyl (C=O) groups is 2. The molecule has 1 aliphatic heterocycles. The van der Waals surface area contributed by atoms with E-state index in [9.17, 15) is 9.59 Å². The number of fused-ring (bicyclic) bond motifs is 1. The molecule has 118 valence electrons. The van der Waals surface area contributed by atoms with E-state index in [0.717, 1.165) is 23.2 Å². The minimum atomic E-state index is -0.143. The lowest BCUT2D eigenvalue weighted by atomic mass is 10.0. The van der Waals surface area contributed by atoms with Crippen molar-refractivity contribution >= 4 is 17.5 Å². The number of hydrogen-bond donors (Lipinski definition) is 1. The Morgan fingerprint density at radius 3 is 2.61 bits per heavy atom. The molecular formula is C19H20N2O2. The zero-order valence-corrected chi connectivity index (χ0v) is 13.2. The smallest absolute Gasteiger partial charge is 0.240 e. The summed E-state index contributed by atoms with van der Waals surface area (Å²) < 4.78 is 0. The van der Waals surface area contributed by atoms with Gasteiger partial charge in [-0.25, -0.2) is 0 Å². The van der Waals surface area contributed by atoms with E-state index in [0.29, 0.717) is 13.0 Å². The molecule has 1 heterocycles. The van der Waals surface area contributed by atoms with Gasteiger partial charge in [-0.1, -0.05) is 48.0 Å². The quantitative estimate of drug-likeness (QED) is 0.944. The van der Waals surface area contributed by atoms with Crippen LogP contribution in [0.1, 0.15) is 23.1 Å². The number of amides is 2. The molecule has 2 aromatic rings. The van der Waals surface area contributed by atoms with Crippen LogP contribution in [0, 0.1) is 6.92 Å². The van der Waals surface area contributed by atoms with Crippen LogP contribution < -0.4 is 10.2 Å². The van der Waals surface area contributed by atoms with Crippen LogP contribution in [0.3, 0.4) is 0 Å². The Labute approximate surface area is 136 Å². The number of carbonyl (C=O) groups excluding carboxylic acids is 2. The lowest BCUT2D eigenvalue weighted by Crippen LogP contribution is -2.42. The van der Waals surface area contributed by atoms with Crippen LogP contribution in [0.5, 0.6) is 0 Å². The largest absolute Gasteiger partial charge is 0.350 e. The summed E-state index contributed by atoms with van der Waals surface area (Å²) in [6.07, 6.45) is 1.21. The Bertz CT molecular complexity index is 722. The van der Waals surface area contributed by atoms with Gasteiger partial charge in [-0.05, 0) is 30.5 Å². The molecule has 0 unspecified atom stereocenters. The van der Waals surface area contributed by atoms with E-state index in [1.807, 2.05) is 55.5 Å². The van der Waals surface area contributed by atoms with Crippen LogP contribution in [-0.4, -0.2) is 18.4 Å². The minimum absolute atomic E-state index is 0.00851. The Kier molecular flexibility index (Phi) is 4.42. The summed E-state index contributed by atoms with van der Waals surface area (Å²) in [5, 5.41) is 2.88. The van der Waals surface area contributed by atoms with Gasteiger partial charge in [0.15, 0.2) is 0 Å². The second-order valence-electron chi connectivity index (χ2n) is 5.87. The zero-order valence-electron chi connectivity index (χ0n) is 13.2. The molecule has 23 heavy (non-hydrogen) atoms. The first kappa shape index (κ1) is 15.3. The fraction of sp³-hybridized carbons (Fsp3) is 0.263. The van der Waals surface area contributed by atoms with E-state index in [2.05, 4.69) is 5.32 Å². The van der Waals surface area contributed by atoms with Crippen LogP contribution >= 0.6 is 0 Å². The van der Waals surface area contributed by atoms with E-state index in [4.69, 9.17) is 0 Å². The van der Waals surface area contributed by atoms with Crippen molar-refractivity contribution in [3.63, 3.8) is 0 Å². The second-order valence-corrected chi connectivity index (χ2v) is 5.87. The average Bonchev–Trinajstić information content (AvgIpc) is 2.57. The van der Waals surface area contributed by atoms with Crippen LogP contribution in [-0.2, 0) is 22.6 Å². The molecule has 1 aliphatic rings. The van der Waals surface area contributed by atoms with Gasteiger partial charge in [0.1, 0.15) is 6.54 Å². The van der Waals surface area contributed by atoms with Crippen LogP contribution in [0.15, 0.2) is 48.5 Å². The molecule has 0 aliphatic carbocycles. The molecular weight excluding hydrogens is 288 g/mol. The highest BCUT2D eigenvalue weighted by atomic mass is 16.2. The van der Waals surface area contributed by atoms with Gasteiger partial charge in [-0.3, -0.25) is 9.59 Å². The molecule has 0 bridgehead atoms. The van der Waals surface area contributed by atoms with Crippen molar-refractivity contribution in [3.05, 3.63) is 65.2 Å². The third-order valence-corrected chi connectivity index (χ3v) is 4.10. The maximum Gasteiger partial charge on any atom is 0.240 e. The summed E-state index contributed by atoms with van der Waals surface area (Å²) in [7, 11) is 0. The molecule has 3 rings (SSSR count). The fourth-order valence-electron chi connectivity index (χ4n) is 2.78. The van der Waals surface area contributed by atoms with Crippen molar-refractivity contribution in [1.29, 1.82) is 0 Å². The number of anilines is 1. The number of rotatable bonds is 4. The van der Waals surface area contributed by atoms with Crippen molar-refractivity contribution in [3.8, 4) is 0 Å². The maximum absolute atomic E-state index is 12.2.